The van der Waals surface area contributed by atoms with E-state index >= 15 is 0 Å². The van der Waals surface area contributed by atoms with Gasteiger partial charge in [0.25, 0.3) is 0 Å². The minimum absolute atomic E-state index is 0.645. The van der Waals surface area contributed by atoms with Crippen molar-refractivity contribution in [1.82, 2.24) is 20.4 Å². The van der Waals surface area contributed by atoms with Gasteiger partial charge in [-0.15, -0.1) is 0 Å². The van der Waals surface area contributed by atoms with E-state index in [9.17, 15) is 0 Å². The zero-order chi connectivity index (χ0) is 20.7. The molecule has 1 aliphatic heterocycles. The standard InChI is InChI=1S/C22H39N5O2/c1-4-23-22(24-10-5-15-29-17-16-28-3)25-18-20-6-8-21(9-7-20)19-27-13-11-26(2)12-14-27/h6-9H,4-5,10-19H2,1-3H3,(H2,23,24,25). The molecular formula is C22H39N5O2. The number of rotatable bonds is 12. The molecule has 1 fully saturated rings. The van der Waals surface area contributed by atoms with Crippen molar-refractivity contribution in [2.24, 2.45) is 4.99 Å². The van der Waals surface area contributed by atoms with Crippen molar-refractivity contribution in [3.05, 3.63) is 35.4 Å². The Kier molecular flexibility index (Phi) is 11.7. The van der Waals surface area contributed by atoms with Crippen LogP contribution in [0.5, 0.6) is 0 Å². The Morgan fingerprint density at radius 1 is 1.00 bits per heavy atom. The average molecular weight is 406 g/mol. The lowest BCUT2D eigenvalue weighted by molar-refractivity contribution is 0.0698. The largest absolute Gasteiger partial charge is 0.382 e. The molecule has 0 amide bonds. The van der Waals surface area contributed by atoms with Crippen LogP contribution in [0.25, 0.3) is 0 Å². The second-order valence-corrected chi connectivity index (χ2v) is 7.48. The molecule has 2 N–H and O–H groups in total. The number of likely N-dealkylation sites (N-methyl/N-ethyl adjacent to an activating group) is 1. The molecule has 0 saturated carbocycles. The molecule has 2 rings (SSSR count). The van der Waals surface area contributed by atoms with Crippen molar-refractivity contribution in [2.75, 3.05) is 73.2 Å². The number of aliphatic imine (C=N–C) groups is 1. The van der Waals surface area contributed by atoms with Crippen molar-refractivity contribution in [3.63, 3.8) is 0 Å². The van der Waals surface area contributed by atoms with E-state index in [-0.39, 0.29) is 0 Å². The fourth-order valence-corrected chi connectivity index (χ4v) is 3.15. The molecule has 1 aromatic carbocycles. The van der Waals surface area contributed by atoms with Gasteiger partial charge in [-0.25, -0.2) is 4.99 Å². The zero-order valence-electron chi connectivity index (χ0n) is 18.5. The van der Waals surface area contributed by atoms with Crippen LogP contribution in [-0.4, -0.2) is 89.0 Å². The summed E-state index contributed by atoms with van der Waals surface area (Å²) in [7, 11) is 3.88. The van der Waals surface area contributed by atoms with Crippen LogP contribution in [0.1, 0.15) is 24.5 Å². The monoisotopic (exact) mass is 405 g/mol. The van der Waals surface area contributed by atoms with Crippen LogP contribution in [0.2, 0.25) is 0 Å². The number of nitrogens with one attached hydrogen (secondary N) is 2. The quantitative estimate of drug-likeness (QED) is 0.313. The second kappa shape index (κ2) is 14.3. The Bertz CT molecular complexity index is 571. The van der Waals surface area contributed by atoms with Crippen LogP contribution >= 0.6 is 0 Å². The van der Waals surface area contributed by atoms with E-state index in [1.165, 1.54) is 11.1 Å². The third kappa shape index (κ3) is 10.1. The summed E-state index contributed by atoms with van der Waals surface area (Å²) in [4.78, 5) is 9.62. The van der Waals surface area contributed by atoms with Crippen molar-refractivity contribution in [3.8, 4) is 0 Å². The minimum Gasteiger partial charge on any atom is -0.382 e. The molecule has 0 aliphatic carbocycles. The van der Waals surface area contributed by atoms with E-state index in [4.69, 9.17) is 14.5 Å². The van der Waals surface area contributed by atoms with E-state index in [1.807, 2.05) is 0 Å². The molecule has 0 bridgehead atoms. The molecule has 0 atom stereocenters. The van der Waals surface area contributed by atoms with Crippen LogP contribution in [0.4, 0.5) is 0 Å². The van der Waals surface area contributed by atoms with E-state index in [2.05, 4.69) is 58.7 Å². The topological polar surface area (TPSA) is 61.4 Å². The number of methoxy groups -OCH3 is 1. The maximum atomic E-state index is 5.48. The highest BCUT2D eigenvalue weighted by atomic mass is 16.5. The maximum absolute atomic E-state index is 5.48. The number of hydrogen-bond donors (Lipinski definition) is 2. The normalized spacial score (nSPS) is 16.2. The van der Waals surface area contributed by atoms with Gasteiger partial charge in [0.05, 0.1) is 19.8 Å². The molecule has 7 heteroatoms. The molecule has 1 heterocycles. The van der Waals surface area contributed by atoms with E-state index in [1.54, 1.807) is 7.11 Å². The molecule has 0 aromatic heterocycles. The summed E-state index contributed by atoms with van der Waals surface area (Å²) in [5.74, 6) is 0.853. The first-order valence-electron chi connectivity index (χ1n) is 10.8. The third-order valence-corrected chi connectivity index (χ3v) is 4.98. The van der Waals surface area contributed by atoms with Crippen molar-refractivity contribution >= 4 is 5.96 Å². The van der Waals surface area contributed by atoms with Gasteiger partial charge in [0, 0.05) is 59.5 Å². The highest BCUT2D eigenvalue weighted by Crippen LogP contribution is 2.10. The Balaban J connectivity index is 1.72. The number of piperazine rings is 1. The highest BCUT2D eigenvalue weighted by molar-refractivity contribution is 5.79. The first-order chi connectivity index (χ1) is 14.2. The van der Waals surface area contributed by atoms with Gasteiger partial charge in [0.15, 0.2) is 5.96 Å². The molecule has 29 heavy (non-hydrogen) atoms. The van der Waals surface area contributed by atoms with Gasteiger partial charge >= 0.3 is 0 Å². The Morgan fingerprint density at radius 3 is 2.41 bits per heavy atom. The van der Waals surface area contributed by atoms with Gasteiger partial charge in [0.2, 0.25) is 0 Å². The van der Waals surface area contributed by atoms with Gasteiger partial charge in [0.1, 0.15) is 0 Å². The highest BCUT2D eigenvalue weighted by Gasteiger charge is 2.13. The zero-order valence-corrected chi connectivity index (χ0v) is 18.5. The predicted octanol–water partition coefficient (Wildman–Crippen LogP) is 1.54. The van der Waals surface area contributed by atoms with Crippen LogP contribution in [0, 0.1) is 0 Å². The summed E-state index contributed by atoms with van der Waals surface area (Å²) in [6, 6.07) is 8.87. The minimum atomic E-state index is 0.645. The molecule has 164 valence electrons. The molecule has 7 nitrogen and oxygen atoms in total. The molecule has 1 aromatic rings. The van der Waals surface area contributed by atoms with Crippen molar-refractivity contribution < 1.29 is 9.47 Å². The predicted molar refractivity (Wildman–Crippen MR) is 119 cm³/mol. The molecule has 0 radical (unpaired) electrons. The van der Waals surface area contributed by atoms with Crippen molar-refractivity contribution in [1.29, 1.82) is 0 Å². The van der Waals surface area contributed by atoms with Crippen LogP contribution in [0.15, 0.2) is 29.3 Å². The molecule has 0 unspecified atom stereocenters. The lowest BCUT2D eigenvalue weighted by Gasteiger charge is -2.32. The lowest BCUT2D eigenvalue weighted by Crippen LogP contribution is -2.43. The third-order valence-electron chi connectivity index (χ3n) is 4.98. The number of guanidine groups is 1. The van der Waals surface area contributed by atoms with Crippen LogP contribution < -0.4 is 10.6 Å². The van der Waals surface area contributed by atoms with Crippen LogP contribution in [0.3, 0.4) is 0 Å². The molecule has 1 aliphatic rings. The average Bonchev–Trinajstić information content (AvgIpc) is 2.74. The SMILES string of the molecule is CCNC(=NCc1ccc(CN2CCN(C)CC2)cc1)NCCCOCCOC. The number of nitrogens with zero attached hydrogens (tertiary/aromatic N) is 3. The smallest absolute Gasteiger partial charge is 0.191 e. The summed E-state index contributed by atoms with van der Waals surface area (Å²) < 4.78 is 10.5. The number of benzene rings is 1. The summed E-state index contributed by atoms with van der Waals surface area (Å²) >= 11 is 0. The fourth-order valence-electron chi connectivity index (χ4n) is 3.15. The Morgan fingerprint density at radius 2 is 1.72 bits per heavy atom. The number of hydrogen-bond acceptors (Lipinski definition) is 5. The van der Waals surface area contributed by atoms with Gasteiger partial charge in [-0.1, -0.05) is 24.3 Å². The van der Waals surface area contributed by atoms with E-state index < -0.39 is 0 Å². The first-order valence-corrected chi connectivity index (χ1v) is 10.8. The summed E-state index contributed by atoms with van der Waals surface area (Å²) in [6.07, 6.45) is 0.940. The number of ether oxygens (including phenoxy) is 2. The Hall–Kier alpha value is -1.67. The van der Waals surface area contributed by atoms with Gasteiger partial charge < -0.3 is 25.0 Å². The van der Waals surface area contributed by atoms with Gasteiger partial charge in [-0.3, -0.25) is 4.90 Å². The lowest BCUT2D eigenvalue weighted by atomic mass is 10.1. The summed E-state index contributed by atoms with van der Waals surface area (Å²) in [5.41, 5.74) is 2.60. The Labute approximate surface area is 176 Å². The fraction of sp³-hybridized carbons (Fsp3) is 0.682. The van der Waals surface area contributed by atoms with Gasteiger partial charge in [-0.05, 0) is 31.5 Å². The molecular weight excluding hydrogens is 366 g/mol. The molecule has 0 spiro atoms. The van der Waals surface area contributed by atoms with Crippen molar-refractivity contribution in [2.45, 2.75) is 26.4 Å². The maximum Gasteiger partial charge on any atom is 0.191 e. The summed E-state index contributed by atoms with van der Waals surface area (Å²) in [6.45, 7) is 12.1. The summed E-state index contributed by atoms with van der Waals surface area (Å²) in [5, 5.41) is 6.67. The first kappa shape index (κ1) is 23.6. The van der Waals surface area contributed by atoms with Gasteiger partial charge in [-0.2, -0.15) is 0 Å². The van der Waals surface area contributed by atoms with Crippen LogP contribution in [-0.2, 0) is 22.6 Å². The second-order valence-electron chi connectivity index (χ2n) is 7.48. The molecule has 1 saturated heterocycles. The van der Waals surface area contributed by atoms with E-state index in [0.29, 0.717) is 19.8 Å². The van der Waals surface area contributed by atoms with E-state index in [0.717, 1.165) is 64.8 Å².